The van der Waals surface area contributed by atoms with Crippen molar-refractivity contribution in [3.8, 4) is 17.2 Å². The van der Waals surface area contributed by atoms with E-state index in [4.69, 9.17) is 65.9 Å². The summed E-state index contributed by atoms with van der Waals surface area (Å²) in [6, 6.07) is 32.0. The molecule has 2 amide bonds. The number of hydrogen-bond acceptors (Lipinski definition) is 23. The number of imidazole rings is 1. The third kappa shape index (κ3) is 18.7. The van der Waals surface area contributed by atoms with Gasteiger partial charge in [-0.2, -0.15) is 0 Å². The predicted molar refractivity (Wildman–Crippen MR) is 335 cm³/mol. The van der Waals surface area contributed by atoms with E-state index >= 15 is 4.57 Å². The zero-order valence-electron chi connectivity index (χ0n) is 53.7. The number of nitrogens with one attached hydrogen (secondary N) is 2. The fourth-order valence-corrected chi connectivity index (χ4v) is 13.4. The lowest BCUT2D eigenvalue weighted by molar-refractivity contribution is -0.279. The number of aromatic nitrogens is 4. The molecule has 0 radical (unpaired) electrons. The highest BCUT2D eigenvalue weighted by molar-refractivity contribution is 7.51. The van der Waals surface area contributed by atoms with Crippen LogP contribution in [0.15, 0.2) is 122 Å². The molecule has 0 spiro atoms. The number of nitrogens with zero attached hydrogens (tertiary/aromatic N) is 5. The number of benzene rings is 4. The molecular weight excluding hydrogens is 1230 g/mol. The van der Waals surface area contributed by atoms with E-state index in [9.17, 15) is 24.0 Å². The largest absolute Gasteiger partial charge is 0.497 e. The van der Waals surface area contributed by atoms with Crippen molar-refractivity contribution < 1.29 is 94.4 Å². The van der Waals surface area contributed by atoms with Crippen molar-refractivity contribution in [2.45, 2.75) is 129 Å². The summed E-state index contributed by atoms with van der Waals surface area (Å²) in [4.78, 5) is 75.5. The van der Waals surface area contributed by atoms with Crippen LogP contribution in [0.2, 0.25) is 0 Å². The molecule has 0 saturated carbocycles. The number of fused-ring (bicyclic) bond motifs is 1. The minimum Gasteiger partial charge on any atom is -0.497 e. The molecular formula is C65H82N7O20P. The Balaban J connectivity index is 1.00. The van der Waals surface area contributed by atoms with Crippen molar-refractivity contribution in [1.29, 1.82) is 0 Å². The Hall–Kier alpha value is -7.95. The van der Waals surface area contributed by atoms with E-state index in [1.807, 2.05) is 113 Å². The zero-order valence-corrected chi connectivity index (χ0v) is 54.6. The minimum atomic E-state index is -4.31. The van der Waals surface area contributed by atoms with Gasteiger partial charge in [0.1, 0.15) is 66.4 Å². The number of para-hydroxylation sites is 1. The molecule has 9 atom stereocenters. The average molecular weight is 1310 g/mol. The van der Waals surface area contributed by atoms with Gasteiger partial charge in [-0.25, -0.2) is 24.2 Å². The number of amides is 2. The first-order chi connectivity index (χ1) is 44.7. The summed E-state index contributed by atoms with van der Waals surface area (Å²) >= 11 is 0. The minimum absolute atomic E-state index is 0.000327. The van der Waals surface area contributed by atoms with E-state index in [0.29, 0.717) is 22.9 Å². The lowest BCUT2D eigenvalue weighted by Crippen LogP contribution is -2.66. The number of esters is 3. The molecule has 0 aliphatic carbocycles. The number of anilines is 1. The molecule has 2 N–H and O–H groups in total. The fraction of sp³-hybridized carbons (Fsp3) is 0.477. The second-order valence-corrected chi connectivity index (χ2v) is 24.1. The molecule has 4 aromatic carbocycles. The SMILES string of the molecule is COc1ccc(C(OC[C@H]2O[C@@H](n3cnc4c(NC(=O)COc5ccccc5)ncnc43)C[C@@H]2OP(=O)(OCCOCCOCCO[C@@H]2O[C@H](COC(C)=O)[C@H](OC(C)=O)[C@H](OC(C)=O)[C@H]2NC(C)=O)N(C(C)C)C(C)C)(c2ccccc2)c2ccc(OC)cc2)cc1. The van der Waals surface area contributed by atoms with Crippen LogP contribution in [0.4, 0.5) is 5.82 Å². The Bertz CT molecular complexity index is 3380. The van der Waals surface area contributed by atoms with Gasteiger partial charge in [0, 0.05) is 46.2 Å². The van der Waals surface area contributed by atoms with Crippen LogP contribution in [-0.2, 0) is 85.8 Å². The summed E-state index contributed by atoms with van der Waals surface area (Å²) in [6.07, 6.45) is -4.85. The lowest BCUT2D eigenvalue weighted by atomic mass is 9.80. The summed E-state index contributed by atoms with van der Waals surface area (Å²) in [5.74, 6) is -1.17. The predicted octanol–water partition coefficient (Wildman–Crippen LogP) is 7.49. The highest BCUT2D eigenvalue weighted by Gasteiger charge is 2.52. The van der Waals surface area contributed by atoms with Gasteiger partial charge in [-0.1, -0.05) is 72.8 Å². The second-order valence-electron chi connectivity index (χ2n) is 22.2. The van der Waals surface area contributed by atoms with Crippen LogP contribution in [0.5, 0.6) is 17.2 Å². The van der Waals surface area contributed by atoms with Gasteiger partial charge in [-0.15, -0.1) is 0 Å². The van der Waals surface area contributed by atoms with Gasteiger partial charge < -0.3 is 67.5 Å². The molecule has 8 rings (SSSR count). The molecule has 27 nitrogen and oxygen atoms in total. The number of hydrogen-bond donors (Lipinski definition) is 2. The van der Waals surface area contributed by atoms with Gasteiger partial charge in [0.2, 0.25) is 5.91 Å². The van der Waals surface area contributed by atoms with Gasteiger partial charge >= 0.3 is 25.7 Å². The molecule has 4 heterocycles. The standard InChI is InChI=1S/C65H82N7O20P/c1-41(2)72(42(3)4)93(78,87-34-32-82-30-29-81-31-33-83-64-58(69-43(5)73)61(89-46(8)76)60(88-45(7)75)55(91-64)36-84-44(6)74)92-53-35-57(71-40-68-59-62(66-39-67-63(59)71)70-56(77)38-85-52-19-15-12-16-20-52)90-54(53)37-86-65(47-17-13-11-14-18-47,48-21-25-50(79-9)26-22-48)49-23-27-51(80-10)28-24-49/h11-28,39-42,53-55,57-58,60-61,64H,29-38H2,1-10H3,(H,69,73)(H,66,67,70,77)/t53-,54+,55+,57+,58+,60-,61+,64+,93?/m0/s1. The molecule has 28 heteroatoms. The van der Waals surface area contributed by atoms with Crippen LogP contribution >= 0.6 is 7.75 Å². The third-order valence-corrected chi connectivity index (χ3v) is 17.4. The summed E-state index contributed by atoms with van der Waals surface area (Å²) in [5.41, 5.74) is 1.62. The van der Waals surface area contributed by atoms with E-state index in [1.54, 1.807) is 47.7 Å². The molecule has 2 aliphatic heterocycles. The Morgan fingerprint density at radius 1 is 0.667 bits per heavy atom. The van der Waals surface area contributed by atoms with E-state index in [2.05, 4.69) is 25.6 Å². The number of ether oxygens (including phenoxy) is 12. The van der Waals surface area contributed by atoms with Gasteiger partial charge in [-0.3, -0.25) is 37.6 Å². The molecule has 2 saturated heterocycles. The van der Waals surface area contributed by atoms with Crippen LogP contribution in [0, 0.1) is 0 Å². The molecule has 1 unspecified atom stereocenters. The highest BCUT2D eigenvalue weighted by atomic mass is 31.2. The van der Waals surface area contributed by atoms with Crippen LogP contribution < -0.4 is 24.8 Å². The van der Waals surface area contributed by atoms with E-state index in [-0.39, 0.29) is 89.3 Å². The first-order valence-corrected chi connectivity index (χ1v) is 31.9. The van der Waals surface area contributed by atoms with Gasteiger partial charge in [0.15, 0.2) is 42.1 Å². The maximum absolute atomic E-state index is 15.9. The van der Waals surface area contributed by atoms with E-state index in [1.165, 1.54) is 26.5 Å². The van der Waals surface area contributed by atoms with Crippen molar-refractivity contribution in [2.24, 2.45) is 0 Å². The Labute approximate surface area is 539 Å². The third-order valence-electron chi connectivity index (χ3n) is 14.9. The summed E-state index contributed by atoms with van der Waals surface area (Å²) in [7, 11) is -1.11. The van der Waals surface area contributed by atoms with Crippen LogP contribution in [0.25, 0.3) is 11.2 Å². The highest BCUT2D eigenvalue weighted by Crippen LogP contribution is 2.57. The molecule has 502 valence electrons. The van der Waals surface area contributed by atoms with Crippen molar-refractivity contribution in [2.75, 3.05) is 79.0 Å². The normalized spacial score (nSPS) is 20.4. The van der Waals surface area contributed by atoms with Crippen LogP contribution in [0.3, 0.4) is 0 Å². The molecule has 6 aromatic rings. The number of rotatable bonds is 34. The monoisotopic (exact) mass is 1310 g/mol. The fourth-order valence-electron chi connectivity index (χ4n) is 11.1. The summed E-state index contributed by atoms with van der Waals surface area (Å²) in [5, 5.41) is 5.46. The average Bonchev–Trinajstić information content (AvgIpc) is 1.55. The number of methoxy groups -OCH3 is 2. The molecule has 0 bridgehead atoms. The Morgan fingerprint density at radius 3 is 1.83 bits per heavy atom. The van der Waals surface area contributed by atoms with Crippen molar-refractivity contribution in [1.82, 2.24) is 29.5 Å². The molecule has 2 aromatic heterocycles. The first kappa shape index (κ1) is 70.9. The Morgan fingerprint density at radius 2 is 1.25 bits per heavy atom. The first-order valence-electron chi connectivity index (χ1n) is 30.4. The molecule has 2 fully saturated rings. The van der Waals surface area contributed by atoms with Crippen molar-refractivity contribution in [3.63, 3.8) is 0 Å². The van der Waals surface area contributed by atoms with Crippen molar-refractivity contribution in [3.05, 3.63) is 139 Å². The maximum atomic E-state index is 15.9. The van der Waals surface area contributed by atoms with E-state index in [0.717, 1.165) is 30.5 Å². The second kappa shape index (κ2) is 33.8. The number of carbonyl (C=O) groups excluding carboxylic acids is 5. The van der Waals surface area contributed by atoms with E-state index < -0.39 is 92.1 Å². The zero-order chi connectivity index (χ0) is 66.7. The van der Waals surface area contributed by atoms with Gasteiger partial charge in [0.25, 0.3) is 5.91 Å². The quantitative estimate of drug-likeness (QED) is 0.0130. The van der Waals surface area contributed by atoms with Crippen molar-refractivity contribution >= 4 is 54.5 Å². The van der Waals surface area contributed by atoms with Gasteiger partial charge in [-0.05, 0) is 80.8 Å². The van der Waals surface area contributed by atoms with Crippen LogP contribution in [0.1, 0.15) is 84.7 Å². The summed E-state index contributed by atoms with van der Waals surface area (Å²) < 4.78 is 104. The molecule has 93 heavy (non-hydrogen) atoms. The lowest BCUT2D eigenvalue weighted by Gasteiger charge is -2.44. The maximum Gasteiger partial charge on any atom is 0.409 e. The number of carbonyl (C=O) groups is 5. The molecule has 2 aliphatic rings. The van der Waals surface area contributed by atoms with Crippen LogP contribution in [-0.4, -0.2) is 183 Å². The smallest absolute Gasteiger partial charge is 0.409 e. The summed E-state index contributed by atoms with van der Waals surface area (Å²) in [6.45, 7) is 11.3. The Kier molecular flexibility index (Phi) is 25.7. The topological polar surface area (TPSA) is 303 Å². The van der Waals surface area contributed by atoms with Gasteiger partial charge in [0.05, 0.1) is 66.8 Å².